The second kappa shape index (κ2) is 6.28. The zero-order valence-electron chi connectivity index (χ0n) is 13.5. The van der Waals surface area contributed by atoms with Crippen molar-refractivity contribution in [2.45, 2.75) is 19.3 Å². The van der Waals surface area contributed by atoms with Crippen molar-refractivity contribution >= 4 is 5.91 Å². The normalized spacial score (nSPS) is 17.3. The highest BCUT2D eigenvalue weighted by atomic mass is 16.5. The Kier molecular flexibility index (Phi) is 4.18. The predicted octanol–water partition coefficient (Wildman–Crippen LogP) is 1.76. The number of aryl methyl sites for hydroxylation is 1. The van der Waals surface area contributed by atoms with Gasteiger partial charge in [-0.05, 0) is 19.4 Å². The van der Waals surface area contributed by atoms with E-state index in [4.69, 9.17) is 9.47 Å². The van der Waals surface area contributed by atoms with Crippen LogP contribution in [0.2, 0.25) is 0 Å². The molecule has 0 saturated carbocycles. The Balaban J connectivity index is 1.81. The van der Waals surface area contributed by atoms with Crippen molar-refractivity contribution in [1.29, 1.82) is 0 Å². The van der Waals surface area contributed by atoms with E-state index < -0.39 is 0 Å². The van der Waals surface area contributed by atoms with Gasteiger partial charge in [0, 0.05) is 24.6 Å². The van der Waals surface area contributed by atoms with Gasteiger partial charge in [-0.2, -0.15) is 15.4 Å². The first kappa shape index (κ1) is 15.3. The number of para-hydroxylation sites is 1. The van der Waals surface area contributed by atoms with Crippen LogP contribution in [0.25, 0.3) is 0 Å². The fraction of sp³-hybridized carbons (Fsp3) is 0.438. The predicted molar refractivity (Wildman–Crippen MR) is 83.9 cm³/mol. The highest BCUT2D eigenvalue weighted by molar-refractivity contribution is 5.93. The number of amides is 1. The number of methoxy groups -OCH3 is 2. The molecule has 7 heteroatoms. The fourth-order valence-electron chi connectivity index (χ4n) is 3.07. The molecular formula is C16H20N4O3. The summed E-state index contributed by atoms with van der Waals surface area (Å²) in [4.78, 5) is 14.3. The van der Waals surface area contributed by atoms with Gasteiger partial charge < -0.3 is 14.4 Å². The Labute approximate surface area is 134 Å². The molecule has 1 saturated heterocycles. The number of aromatic nitrogens is 3. The smallest absolute Gasteiger partial charge is 0.276 e. The van der Waals surface area contributed by atoms with Gasteiger partial charge in [0.05, 0.1) is 19.9 Å². The van der Waals surface area contributed by atoms with E-state index in [0.717, 1.165) is 17.7 Å². The van der Waals surface area contributed by atoms with Gasteiger partial charge in [0.2, 0.25) is 0 Å². The van der Waals surface area contributed by atoms with Crippen molar-refractivity contribution in [2.24, 2.45) is 0 Å². The first-order chi connectivity index (χ1) is 11.2. The number of hydrogen-bond acceptors (Lipinski definition) is 5. The first-order valence-corrected chi connectivity index (χ1v) is 7.53. The first-order valence-electron chi connectivity index (χ1n) is 7.53. The lowest BCUT2D eigenvalue weighted by molar-refractivity contribution is 0.0784. The van der Waals surface area contributed by atoms with Gasteiger partial charge in [0.1, 0.15) is 0 Å². The lowest BCUT2D eigenvalue weighted by atomic mass is 9.97. The maximum Gasteiger partial charge on any atom is 0.276 e. The number of carbonyl (C=O) groups is 1. The molecule has 0 spiro atoms. The minimum Gasteiger partial charge on any atom is -0.493 e. The molecule has 1 aromatic heterocycles. The highest BCUT2D eigenvalue weighted by Crippen LogP contribution is 2.39. The molecular weight excluding hydrogens is 296 g/mol. The number of nitrogens with zero attached hydrogens (tertiary/aromatic N) is 3. The van der Waals surface area contributed by atoms with E-state index in [-0.39, 0.29) is 11.8 Å². The van der Waals surface area contributed by atoms with E-state index in [1.807, 2.05) is 23.1 Å². The molecule has 2 aromatic rings. The van der Waals surface area contributed by atoms with Gasteiger partial charge in [-0.25, -0.2) is 0 Å². The molecule has 1 aliphatic rings. The number of aromatic amines is 1. The lowest BCUT2D eigenvalue weighted by Gasteiger charge is -2.18. The van der Waals surface area contributed by atoms with Gasteiger partial charge in [-0.15, -0.1) is 0 Å². The van der Waals surface area contributed by atoms with Crippen LogP contribution in [-0.4, -0.2) is 53.5 Å². The summed E-state index contributed by atoms with van der Waals surface area (Å²) in [6.45, 7) is 3.10. The van der Waals surface area contributed by atoms with E-state index in [9.17, 15) is 4.79 Å². The molecule has 1 unspecified atom stereocenters. The number of carbonyl (C=O) groups excluding carboxylic acids is 1. The molecule has 2 heterocycles. The van der Waals surface area contributed by atoms with Crippen LogP contribution in [0, 0.1) is 6.92 Å². The molecule has 1 N–H and O–H groups in total. The quantitative estimate of drug-likeness (QED) is 0.929. The van der Waals surface area contributed by atoms with Gasteiger partial charge in [0.15, 0.2) is 17.2 Å². The number of H-pyrrole nitrogens is 1. The van der Waals surface area contributed by atoms with Crippen LogP contribution in [0.1, 0.15) is 34.1 Å². The van der Waals surface area contributed by atoms with Crippen molar-refractivity contribution in [3.8, 4) is 11.5 Å². The monoisotopic (exact) mass is 316 g/mol. The lowest BCUT2D eigenvalue weighted by Crippen LogP contribution is -2.29. The summed E-state index contributed by atoms with van der Waals surface area (Å²) >= 11 is 0. The number of benzene rings is 1. The van der Waals surface area contributed by atoms with Crippen molar-refractivity contribution in [2.75, 3.05) is 27.3 Å². The Morgan fingerprint density at radius 3 is 2.78 bits per heavy atom. The van der Waals surface area contributed by atoms with Gasteiger partial charge in [-0.3, -0.25) is 4.79 Å². The second-order valence-electron chi connectivity index (χ2n) is 5.58. The summed E-state index contributed by atoms with van der Waals surface area (Å²) in [6, 6.07) is 5.85. The van der Waals surface area contributed by atoms with Crippen molar-refractivity contribution in [3.05, 3.63) is 35.2 Å². The second-order valence-corrected chi connectivity index (χ2v) is 5.58. The van der Waals surface area contributed by atoms with E-state index >= 15 is 0 Å². The van der Waals surface area contributed by atoms with Crippen molar-refractivity contribution in [1.82, 2.24) is 20.3 Å². The maximum absolute atomic E-state index is 12.5. The summed E-state index contributed by atoms with van der Waals surface area (Å²) in [6.07, 6.45) is 0.881. The fourth-order valence-corrected chi connectivity index (χ4v) is 3.07. The molecule has 0 aliphatic carbocycles. The molecule has 122 valence electrons. The third-order valence-electron chi connectivity index (χ3n) is 4.27. The van der Waals surface area contributed by atoms with Crippen molar-refractivity contribution < 1.29 is 14.3 Å². The van der Waals surface area contributed by atoms with E-state index in [1.54, 1.807) is 21.1 Å². The summed E-state index contributed by atoms with van der Waals surface area (Å²) in [5.41, 5.74) is 2.08. The van der Waals surface area contributed by atoms with Crippen LogP contribution in [0.4, 0.5) is 0 Å². The summed E-state index contributed by atoms with van der Waals surface area (Å²) in [7, 11) is 3.26. The average Bonchev–Trinajstić information content (AvgIpc) is 3.22. The van der Waals surface area contributed by atoms with Crippen LogP contribution in [-0.2, 0) is 0 Å². The zero-order valence-corrected chi connectivity index (χ0v) is 13.5. The molecule has 1 aromatic carbocycles. The molecule has 23 heavy (non-hydrogen) atoms. The number of hydrogen-bond donors (Lipinski definition) is 1. The standard InChI is InChI=1S/C16H20N4O3/c1-10-14(18-19-17-10)16(21)20-8-7-11(9-20)12-5-4-6-13(22-2)15(12)23-3/h4-6,11H,7-9H2,1-3H3,(H,17,18,19). The van der Waals surface area contributed by atoms with Gasteiger partial charge in [0.25, 0.3) is 5.91 Å². The number of likely N-dealkylation sites (tertiary alicyclic amines) is 1. The summed E-state index contributed by atoms with van der Waals surface area (Å²) < 4.78 is 10.9. The molecule has 1 aliphatic heterocycles. The summed E-state index contributed by atoms with van der Waals surface area (Å²) in [5, 5.41) is 10.4. The number of rotatable bonds is 4. The topological polar surface area (TPSA) is 80.3 Å². The summed E-state index contributed by atoms with van der Waals surface area (Å²) in [5.74, 6) is 1.59. The van der Waals surface area contributed by atoms with Crippen LogP contribution >= 0.6 is 0 Å². The Morgan fingerprint density at radius 2 is 2.13 bits per heavy atom. The molecule has 1 fully saturated rings. The molecule has 7 nitrogen and oxygen atoms in total. The third-order valence-corrected chi connectivity index (χ3v) is 4.27. The van der Waals surface area contributed by atoms with Gasteiger partial charge >= 0.3 is 0 Å². The van der Waals surface area contributed by atoms with Crippen LogP contribution in [0.5, 0.6) is 11.5 Å². The third kappa shape index (κ3) is 2.74. The largest absolute Gasteiger partial charge is 0.493 e. The Morgan fingerprint density at radius 1 is 1.30 bits per heavy atom. The maximum atomic E-state index is 12.5. The molecule has 1 atom stereocenters. The van der Waals surface area contributed by atoms with Gasteiger partial charge in [-0.1, -0.05) is 12.1 Å². The molecule has 3 rings (SSSR count). The minimum atomic E-state index is -0.0828. The Bertz CT molecular complexity index is 713. The molecule has 0 radical (unpaired) electrons. The SMILES string of the molecule is COc1cccc(C2CCN(C(=O)c3n[nH]nc3C)C2)c1OC. The zero-order chi connectivity index (χ0) is 16.4. The molecule has 1 amide bonds. The highest BCUT2D eigenvalue weighted by Gasteiger charge is 2.32. The minimum absolute atomic E-state index is 0.0828. The van der Waals surface area contributed by atoms with Crippen LogP contribution in [0.3, 0.4) is 0 Å². The molecule has 0 bridgehead atoms. The average molecular weight is 316 g/mol. The van der Waals surface area contributed by atoms with Crippen molar-refractivity contribution in [3.63, 3.8) is 0 Å². The van der Waals surface area contributed by atoms with Crippen LogP contribution < -0.4 is 9.47 Å². The van der Waals surface area contributed by atoms with E-state index in [1.165, 1.54) is 0 Å². The number of nitrogens with one attached hydrogen (secondary N) is 1. The van der Waals surface area contributed by atoms with E-state index in [2.05, 4.69) is 15.4 Å². The van der Waals surface area contributed by atoms with Crippen LogP contribution in [0.15, 0.2) is 18.2 Å². The van der Waals surface area contributed by atoms with E-state index in [0.29, 0.717) is 30.2 Å². The number of ether oxygens (including phenoxy) is 2. The Hall–Kier alpha value is -2.57.